The second kappa shape index (κ2) is 5.06. The Balaban J connectivity index is 2.93. The zero-order valence-corrected chi connectivity index (χ0v) is 8.90. The van der Waals surface area contributed by atoms with Crippen LogP contribution in [0.1, 0.15) is 19.4 Å². The van der Waals surface area contributed by atoms with Crippen LogP contribution in [0.15, 0.2) is 30.3 Å². The number of nitrogens with two attached hydrogens (primary N) is 1. The fourth-order valence-electron chi connectivity index (χ4n) is 1.17. The summed E-state index contributed by atoms with van der Waals surface area (Å²) < 4.78 is 5.52. The lowest BCUT2D eigenvalue weighted by molar-refractivity contribution is 0.242. The smallest absolute Gasteiger partial charge is 0.120 e. The van der Waals surface area contributed by atoms with Gasteiger partial charge in [-0.25, -0.2) is 0 Å². The van der Waals surface area contributed by atoms with Crippen LogP contribution in [-0.2, 0) is 0 Å². The summed E-state index contributed by atoms with van der Waals surface area (Å²) in [5, 5.41) is 8.48. The topological polar surface area (TPSA) is 59.0 Å². The van der Waals surface area contributed by atoms with E-state index in [1.807, 2.05) is 44.2 Å². The van der Waals surface area contributed by atoms with Crippen molar-refractivity contribution in [1.82, 2.24) is 0 Å². The predicted molar refractivity (Wildman–Crippen MR) is 60.0 cm³/mol. The van der Waals surface area contributed by atoms with Crippen molar-refractivity contribution in [3.63, 3.8) is 0 Å². The molecule has 0 saturated heterocycles. The number of ether oxygens (including phenoxy) is 1. The van der Waals surface area contributed by atoms with Gasteiger partial charge in [-0.2, -0.15) is 5.26 Å². The Hall–Kier alpha value is -1.95. The Labute approximate surface area is 89.8 Å². The summed E-state index contributed by atoms with van der Waals surface area (Å²) in [4.78, 5) is 0. The first-order chi connectivity index (χ1) is 7.13. The summed E-state index contributed by atoms with van der Waals surface area (Å²) in [7, 11) is 0. The minimum atomic E-state index is 0.126. The average Bonchev–Trinajstić information content (AvgIpc) is 2.17. The molecule has 0 heterocycles. The summed E-state index contributed by atoms with van der Waals surface area (Å²) in [6.07, 6.45) is 1.44. The molecule has 0 spiro atoms. The SMILES string of the molecule is CC(C)Oc1cccc(/C(N)=C/C#N)c1. The van der Waals surface area contributed by atoms with Crippen LogP contribution >= 0.6 is 0 Å². The summed E-state index contributed by atoms with van der Waals surface area (Å²) >= 11 is 0. The van der Waals surface area contributed by atoms with E-state index in [4.69, 9.17) is 15.7 Å². The van der Waals surface area contributed by atoms with Gasteiger partial charge in [-0.15, -0.1) is 0 Å². The van der Waals surface area contributed by atoms with E-state index in [1.165, 1.54) is 6.08 Å². The molecule has 2 N–H and O–H groups in total. The number of allylic oxidation sites excluding steroid dienone is 1. The summed E-state index contributed by atoms with van der Waals surface area (Å²) in [5.74, 6) is 0.761. The molecule has 0 aliphatic heterocycles. The van der Waals surface area contributed by atoms with Crippen LogP contribution in [0.5, 0.6) is 5.75 Å². The molecule has 1 aromatic rings. The van der Waals surface area contributed by atoms with Gasteiger partial charge in [-0.1, -0.05) is 12.1 Å². The average molecular weight is 202 g/mol. The molecule has 0 unspecified atom stereocenters. The van der Waals surface area contributed by atoms with E-state index in [0.29, 0.717) is 5.70 Å². The predicted octanol–water partition coefficient (Wildman–Crippen LogP) is 2.30. The summed E-state index contributed by atoms with van der Waals surface area (Å²) in [6.45, 7) is 3.92. The van der Waals surface area contributed by atoms with Crippen LogP contribution in [0, 0.1) is 11.3 Å². The first kappa shape index (κ1) is 11.1. The Bertz CT molecular complexity index is 402. The molecule has 0 bridgehead atoms. The van der Waals surface area contributed by atoms with E-state index < -0.39 is 0 Å². The van der Waals surface area contributed by atoms with Gasteiger partial charge in [0.2, 0.25) is 0 Å². The van der Waals surface area contributed by atoms with Gasteiger partial charge < -0.3 is 10.5 Å². The van der Waals surface area contributed by atoms with Crippen molar-refractivity contribution in [2.24, 2.45) is 5.73 Å². The molecule has 3 nitrogen and oxygen atoms in total. The molecule has 0 saturated carbocycles. The molecular weight excluding hydrogens is 188 g/mol. The molecule has 0 fully saturated rings. The fraction of sp³-hybridized carbons (Fsp3) is 0.250. The number of hydrogen-bond donors (Lipinski definition) is 1. The number of hydrogen-bond acceptors (Lipinski definition) is 3. The van der Waals surface area contributed by atoms with E-state index in [1.54, 1.807) is 0 Å². The van der Waals surface area contributed by atoms with Crippen LogP contribution in [0.3, 0.4) is 0 Å². The molecule has 0 aromatic heterocycles. The Morgan fingerprint density at radius 2 is 2.27 bits per heavy atom. The monoisotopic (exact) mass is 202 g/mol. The molecule has 0 aliphatic rings. The second-order valence-corrected chi connectivity index (χ2v) is 3.42. The van der Waals surface area contributed by atoms with E-state index in [0.717, 1.165) is 11.3 Å². The minimum absolute atomic E-state index is 0.126. The Morgan fingerprint density at radius 3 is 2.87 bits per heavy atom. The highest BCUT2D eigenvalue weighted by Gasteiger charge is 2.00. The molecule has 0 aliphatic carbocycles. The molecule has 3 heteroatoms. The van der Waals surface area contributed by atoms with Crippen LogP contribution in [-0.4, -0.2) is 6.10 Å². The van der Waals surface area contributed by atoms with Gasteiger partial charge in [-0.05, 0) is 26.0 Å². The van der Waals surface area contributed by atoms with Crippen molar-refractivity contribution < 1.29 is 4.74 Å². The molecule has 15 heavy (non-hydrogen) atoms. The van der Waals surface area contributed by atoms with Crippen molar-refractivity contribution in [3.8, 4) is 11.8 Å². The van der Waals surface area contributed by atoms with Gasteiger partial charge in [0, 0.05) is 17.3 Å². The summed E-state index contributed by atoms with van der Waals surface area (Å²) in [5.41, 5.74) is 6.94. The maximum Gasteiger partial charge on any atom is 0.120 e. The van der Waals surface area contributed by atoms with Crippen molar-refractivity contribution >= 4 is 5.70 Å². The molecular formula is C12H14N2O. The molecule has 1 aromatic carbocycles. The maximum absolute atomic E-state index is 8.48. The Morgan fingerprint density at radius 1 is 1.53 bits per heavy atom. The van der Waals surface area contributed by atoms with Crippen molar-refractivity contribution in [2.75, 3.05) is 0 Å². The van der Waals surface area contributed by atoms with Crippen LogP contribution < -0.4 is 10.5 Å². The largest absolute Gasteiger partial charge is 0.491 e. The van der Waals surface area contributed by atoms with Gasteiger partial charge in [0.15, 0.2) is 0 Å². The Kier molecular flexibility index (Phi) is 3.75. The van der Waals surface area contributed by atoms with Gasteiger partial charge in [0.1, 0.15) is 5.75 Å². The highest BCUT2D eigenvalue weighted by atomic mass is 16.5. The molecule has 0 radical (unpaired) electrons. The van der Waals surface area contributed by atoms with Crippen molar-refractivity contribution in [3.05, 3.63) is 35.9 Å². The second-order valence-electron chi connectivity index (χ2n) is 3.42. The van der Waals surface area contributed by atoms with E-state index in [-0.39, 0.29) is 6.10 Å². The van der Waals surface area contributed by atoms with Crippen LogP contribution in [0.4, 0.5) is 0 Å². The molecule has 0 atom stereocenters. The lowest BCUT2D eigenvalue weighted by Gasteiger charge is -2.10. The maximum atomic E-state index is 8.48. The van der Waals surface area contributed by atoms with Crippen LogP contribution in [0.25, 0.3) is 5.70 Å². The molecule has 78 valence electrons. The molecule has 1 rings (SSSR count). The van der Waals surface area contributed by atoms with Crippen LogP contribution in [0.2, 0.25) is 0 Å². The normalized spacial score (nSPS) is 11.2. The van der Waals surface area contributed by atoms with Crippen molar-refractivity contribution in [1.29, 1.82) is 5.26 Å². The first-order valence-corrected chi connectivity index (χ1v) is 4.76. The number of benzene rings is 1. The van der Waals surface area contributed by atoms with Gasteiger partial charge in [-0.3, -0.25) is 0 Å². The highest BCUT2D eigenvalue weighted by Crippen LogP contribution is 2.18. The van der Waals surface area contributed by atoms with Gasteiger partial charge in [0.05, 0.1) is 12.2 Å². The third-order valence-corrected chi connectivity index (χ3v) is 1.76. The lowest BCUT2D eigenvalue weighted by Crippen LogP contribution is -2.06. The lowest BCUT2D eigenvalue weighted by atomic mass is 10.1. The summed E-state index contributed by atoms with van der Waals surface area (Å²) in [6, 6.07) is 9.28. The number of nitrogens with zero attached hydrogens (tertiary/aromatic N) is 1. The third kappa shape index (κ3) is 3.35. The zero-order valence-electron chi connectivity index (χ0n) is 8.90. The highest BCUT2D eigenvalue weighted by molar-refractivity contribution is 5.65. The fourth-order valence-corrected chi connectivity index (χ4v) is 1.17. The van der Waals surface area contributed by atoms with Gasteiger partial charge in [0.25, 0.3) is 0 Å². The van der Waals surface area contributed by atoms with E-state index >= 15 is 0 Å². The third-order valence-electron chi connectivity index (χ3n) is 1.76. The van der Waals surface area contributed by atoms with E-state index in [9.17, 15) is 0 Å². The minimum Gasteiger partial charge on any atom is -0.491 e. The number of nitriles is 1. The first-order valence-electron chi connectivity index (χ1n) is 4.76. The van der Waals surface area contributed by atoms with E-state index in [2.05, 4.69) is 0 Å². The molecule has 0 amide bonds. The zero-order chi connectivity index (χ0) is 11.3. The number of rotatable bonds is 3. The van der Waals surface area contributed by atoms with Crippen molar-refractivity contribution in [2.45, 2.75) is 20.0 Å². The van der Waals surface area contributed by atoms with Gasteiger partial charge >= 0.3 is 0 Å². The quantitative estimate of drug-likeness (QED) is 0.765. The standard InChI is InChI=1S/C12H14N2O/c1-9(2)15-11-5-3-4-10(8-11)12(14)6-7-13/h3-6,8-9H,14H2,1-2H3/b12-6-.